The Morgan fingerprint density at radius 1 is 1.47 bits per heavy atom. The first-order valence-corrected chi connectivity index (χ1v) is 6.82. The van der Waals surface area contributed by atoms with Crippen LogP contribution in [0.25, 0.3) is 0 Å². The van der Waals surface area contributed by atoms with Crippen LogP contribution in [-0.2, 0) is 0 Å². The van der Waals surface area contributed by atoms with E-state index in [-0.39, 0.29) is 12.1 Å². The predicted molar refractivity (Wildman–Crippen MR) is 71.0 cm³/mol. The lowest BCUT2D eigenvalue weighted by molar-refractivity contribution is 0.0572. The quantitative estimate of drug-likeness (QED) is 0.801. The number of aliphatic hydroxyl groups excluding tert-OH is 1. The first-order chi connectivity index (χ1) is 8.10. The number of phenolic OH excluding ortho intramolecular Hbond substituents is 1. The van der Waals surface area contributed by atoms with Crippen molar-refractivity contribution in [2.45, 2.75) is 44.4 Å². The number of aromatic hydroxyl groups is 1. The van der Waals surface area contributed by atoms with Crippen LogP contribution in [0.15, 0.2) is 22.7 Å². The van der Waals surface area contributed by atoms with Crippen molar-refractivity contribution in [2.24, 2.45) is 0 Å². The summed E-state index contributed by atoms with van der Waals surface area (Å²) in [5.74, 6) is 0.326. The van der Waals surface area contributed by atoms with Crippen molar-refractivity contribution in [3.63, 3.8) is 0 Å². The van der Waals surface area contributed by atoms with E-state index < -0.39 is 0 Å². The molecular weight excluding hydrogens is 282 g/mol. The highest BCUT2D eigenvalue weighted by Crippen LogP contribution is 2.31. The van der Waals surface area contributed by atoms with E-state index in [0.717, 1.165) is 29.3 Å². The third kappa shape index (κ3) is 3.00. The molecule has 1 aliphatic carbocycles. The summed E-state index contributed by atoms with van der Waals surface area (Å²) in [4.78, 5) is 0. The summed E-state index contributed by atoms with van der Waals surface area (Å²) in [5.41, 5.74) is 0.920. The second kappa shape index (κ2) is 5.38. The third-order valence-electron chi connectivity index (χ3n) is 3.32. The van der Waals surface area contributed by atoms with Crippen LogP contribution in [0.1, 0.15) is 37.8 Å². The summed E-state index contributed by atoms with van der Waals surface area (Å²) in [6, 6.07) is 6.00. The fourth-order valence-electron chi connectivity index (χ4n) is 2.24. The molecule has 0 aliphatic heterocycles. The maximum Gasteiger partial charge on any atom is 0.120 e. The lowest BCUT2D eigenvalue weighted by Gasteiger charge is -2.35. The summed E-state index contributed by atoms with van der Waals surface area (Å²) < 4.78 is 0.971. The van der Waals surface area contributed by atoms with Gasteiger partial charge in [0, 0.05) is 22.1 Å². The van der Waals surface area contributed by atoms with Crippen LogP contribution in [0.5, 0.6) is 5.75 Å². The van der Waals surface area contributed by atoms with E-state index in [2.05, 4.69) is 28.2 Å². The third-order valence-corrected chi connectivity index (χ3v) is 3.82. The molecule has 0 bridgehead atoms. The zero-order valence-corrected chi connectivity index (χ0v) is 11.4. The highest BCUT2D eigenvalue weighted by molar-refractivity contribution is 9.10. The molecule has 0 aromatic heterocycles. The second-order valence-electron chi connectivity index (χ2n) is 4.65. The smallest absolute Gasteiger partial charge is 0.120 e. The van der Waals surface area contributed by atoms with Gasteiger partial charge in [-0.15, -0.1) is 0 Å². The average molecular weight is 300 g/mol. The Bertz CT molecular complexity index is 391. The van der Waals surface area contributed by atoms with E-state index in [1.54, 1.807) is 6.07 Å². The van der Waals surface area contributed by atoms with Crippen LogP contribution in [0, 0.1) is 0 Å². The number of hydrogen-bond donors (Lipinski definition) is 3. The Hall–Kier alpha value is -0.580. The molecule has 3 N–H and O–H groups in total. The Morgan fingerprint density at radius 2 is 2.18 bits per heavy atom. The molecule has 0 spiro atoms. The minimum atomic E-state index is -0.152. The highest BCUT2D eigenvalue weighted by Gasteiger charge is 2.29. The highest BCUT2D eigenvalue weighted by atomic mass is 79.9. The van der Waals surface area contributed by atoms with Crippen LogP contribution in [0.3, 0.4) is 0 Å². The topological polar surface area (TPSA) is 52.5 Å². The SMILES string of the molecule is CCC(NC1CC(O)C1)c1cc(Br)ccc1O. The number of benzene rings is 1. The Labute approximate surface area is 110 Å². The molecular formula is C13H18BrNO2. The monoisotopic (exact) mass is 299 g/mol. The summed E-state index contributed by atoms with van der Waals surface area (Å²) in [6.07, 6.45) is 2.38. The number of rotatable bonds is 4. The van der Waals surface area contributed by atoms with Crippen LogP contribution in [0.2, 0.25) is 0 Å². The largest absolute Gasteiger partial charge is 0.508 e. The lowest BCUT2D eigenvalue weighted by Crippen LogP contribution is -2.45. The van der Waals surface area contributed by atoms with Crippen molar-refractivity contribution in [3.05, 3.63) is 28.2 Å². The molecule has 0 saturated heterocycles. The van der Waals surface area contributed by atoms with E-state index in [4.69, 9.17) is 0 Å². The first-order valence-electron chi connectivity index (χ1n) is 6.02. The molecule has 1 unspecified atom stereocenters. The van der Waals surface area contributed by atoms with Crippen molar-refractivity contribution < 1.29 is 10.2 Å². The maximum absolute atomic E-state index is 9.88. The van der Waals surface area contributed by atoms with Gasteiger partial charge < -0.3 is 15.5 Å². The molecule has 1 aliphatic rings. The van der Waals surface area contributed by atoms with Crippen LogP contribution >= 0.6 is 15.9 Å². The zero-order chi connectivity index (χ0) is 12.4. The minimum Gasteiger partial charge on any atom is -0.508 e. The van der Waals surface area contributed by atoms with E-state index in [1.165, 1.54) is 0 Å². The normalized spacial score (nSPS) is 25.4. The van der Waals surface area contributed by atoms with E-state index in [0.29, 0.717) is 11.8 Å². The second-order valence-corrected chi connectivity index (χ2v) is 5.57. The number of hydrogen-bond acceptors (Lipinski definition) is 3. The van der Waals surface area contributed by atoms with E-state index in [9.17, 15) is 10.2 Å². The molecule has 94 valence electrons. The Morgan fingerprint density at radius 3 is 2.76 bits per heavy atom. The van der Waals surface area contributed by atoms with Crippen molar-refractivity contribution in [1.82, 2.24) is 5.32 Å². The van der Waals surface area contributed by atoms with Gasteiger partial charge in [-0.2, -0.15) is 0 Å². The van der Waals surface area contributed by atoms with Gasteiger partial charge in [0.25, 0.3) is 0 Å². The standard InChI is InChI=1S/C13H18BrNO2/c1-2-12(15-9-6-10(16)7-9)11-5-8(14)3-4-13(11)17/h3-5,9-10,12,15-17H,2,6-7H2,1H3. The number of halogens is 1. The zero-order valence-electron chi connectivity index (χ0n) is 9.86. The number of phenols is 1. The summed E-state index contributed by atoms with van der Waals surface area (Å²) in [7, 11) is 0. The first kappa shape index (κ1) is 12.9. The lowest BCUT2D eigenvalue weighted by atomic mass is 9.88. The Balaban J connectivity index is 2.08. The van der Waals surface area contributed by atoms with E-state index >= 15 is 0 Å². The van der Waals surface area contributed by atoms with Crippen molar-refractivity contribution in [2.75, 3.05) is 0 Å². The van der Waals surface area contributed by atoms with Crippen molar-refractivity contribution in [1.29, 1.82) is 0 Å². The molecule has 2 rings (SSSR count). The van der Waals surface area contributed by atoms with Crippen molar-refractivity contribution in [3.8, 4) is 5.75 Å². The van der Waals surface area contributed by atoms with Gasteiger partial charge in [-0.1, -0.05) is 22.9 Å². The molecule has 0 radical (unpaired) electrons. The van der Waals surface area contributed by atoms with Gasteiger partial charge in [0.05, 0.1) is 6.10 Å². The fraction of sp³-hybridized carbons (Fsp3) is 0.538. The van der Waals surface area contributed by atoms with Crippen molar-refractivity contribution >= 4 is 15.9 Å². The predicted octanol–water partition coefficient (Wildman–Crippen LogP) is 2.72. The summed E-state index contributed by atoms with van der Waals surface area (Å²) in [5, 5.41) is 22.6. The Kier molecular flexibility index (Phi) is 4.07. The number of nitrogens with one attached hydrogen (secondary N) is 1. The molecule has 1 aromatic rings. The molecule has 1 aromatic carbocycles. The fourth-order valence-corrected chi connectivity index (χ4v) is 2.62. The molecule has 1 fully saturated rings. The molecule has 0 heterocycles. The van der Waals surface area contributed by atoms with Gasteiger partial charge in [-0.05, 0) is 37.5 Å². The van der Waals surface area contributed by atoms with Gasteiger partial charge >= 0.3 is 0 Å². The molecule has 0 amide bonds. The van der Waals surface area contributed by atoms with Gasteiger partial charge in [0.15, 0.2) is 0 Å². The summed E-state index contributed by atoms with van der Waals surface area (Å²) >= 11 is 3.42. The maximum atomic E-state index is 9.88. The van der Waals surface area contributed by atoms with Crippen LogP contribution in [0.4, 0.5) is 0 Å². The van der Waals surface area contributed by atoms with Gasteiger partial charge in [-0.3, -0.25) is 0 Å². The minimum absolute atomic E-state index is 0.144. The average Bonchev–Trinajstić information content (AvgIpc) is 2.26. The summed E-state index contributed by atoms with van der Waals surface area (Å²) in [6.45, 7) is 2.09. The number of aliphatic hydroxyl groups is 1. The van der Waals surface area contributed by atoms with Crippen LogP contribution < -0.4 is 5.32 Å². The molecule has 4 heteroatoms. The van der Waals surface area contributed by atoms with Gasteiger partial charge in [-0.25, -0.2) is 0 Å². The van der Waals surface area contributed by atoms with Gasteiger partial charge in [0.1, 0.15) is 5.75 Å². The molecule has 1 saturated carbocycles. The van der Waals surface area contributed by atoms with E-state index in [1.807, 2.05) is 12.1 Å². The molecule has 1 atom stereocenters. The van der Waals surface area contributed by atoms with Gasteiger partial charge in [0.2, 0.25) is 0 Å². The van der Waals surface area contributed by atoms with Crippen LogP contribution in [-0.4, -0.2) is 22.4 Å². The molecule has 3 nitrogen and oxygen atoms in total. The molecule has 17 heavy (non-hydrogen) atoms.